The van der Waals surface area contributed by atoms with Gasteiger partial charge in [-0.2, -0.15) is 0 Å². The molecule has 0 amide bonds. The average Bonchev–Trinajstić information content (AvgIpc) is 2.69. The third-order valence-corrected chi connectivity index (χ3v) is 9.41. The molecule has 0 N–H and O–H groups in total. The highest BCUT2D eigenvalue weighted by molar-refractivity contribution is 6.58. The summed E-state index contributed by atoms with van der Waals surface area (Å²) in [7, 11) is 0. The van der Waals surface area contributed by atoms with Crippen LogP contribution < -0.4 is 0 Å². The zero-order chi connectivity index (χ0) is 21.1. The van der Waals surface area contributed by atoms with E-state index in [4.69, 9.17) is 104 Å². The molecule has 0 saturated heterocycles. The Balaban J connectivity index is 2.13. The predicted octanol–water partition coefficient (Wildman–Crippen LogP) is 9.47. The molecule has 29 heavy (non-hydrogen) atoms. The Labute approximate surface area is 209 Å². The van der Waals surface area contributed by atoms with Crippen molar-refractivity contribution in [3.05, 3.63) is 68.0 Å². The van der Waals surface area contributed by atoms with Crippen LogP contribution in [0.5, 0.6) is 0 Å². The van der Waals surface area contributed by atoms with Gasteiger partial charge in [-0.05, 0) is 22.1 Å². The Hall–Kier alpha value is 0.200. The Morgan fingerprint density at radius 2 is 1.31 bits per heavy atom. The van der Waals surface area contributed by atoms with Crippen LogP contribution in [0.4, 0.5) is 0 Å². The van der Waals surface area contributed by atoms with Crippen LogP contribution in [0.15, 0.2) is 26.2 Å². The van der Waals surface area contributed by atoms with Crippen molar-refractivity contribution < 1.29 is 4.79 Å². The summed E-state index contributed by atoms with van der Waals surface area (Å²) in [6.45, 7) is 0. The van der Waals surface area contributed by atoms with Crippen molar-refractivity contribution in [1.82, 2.24) is 0 Å². The van der Waals surface area contributed by atoms with E-state index in [1.165, 1.54) is 0 Å². The van der Waals surface area contributed by atoms with Gasteiger partial charge in [-0.15, -0.1) is 11.6 Å². The molecule has 5 rings (SSSR count). The van der Waals surface area contributed by atoms with Gasteiger partial charge in [-0.1, -0.05) is 92.8 Å². The first-order chi connectivity index (χ1) is 13.6. The molecule has 10 heteroatoms. The van der Waals surface area contributed by atoms with E-state index in [9.17, 15) is 4.79 Å². The number of hydrogen-bond acceptors (Lipinski definition) is 1. The third-order valence-electron chi connectivity index (χ3n) is 5.34. The molecule has 0 aromatic heterocycles. The van der Waals surface area contributed by atoms with E-state index >= 15 is 0 Å². The van der Waals surface area contributed by atoms with Gasteiger partial charge in [0.25, 0.3) is 0 Å². The van der Waals surface area contributed by atoms with Crippen LogP contribution in [0.3, 0.4) is 0 Å². The number of hydrogen-bond donors (Lipinski definition) is 0. The number of carbonyl (C=O) groups is 1. The summed E-state index contributed by atoms with van der Waals surface area (Å²) in [5.41, 5.74) is 2.96. The van der Waals surface area contributed by atoms with Crippen molar-refractivity contribution in [3.8, 4) is 0 Å². The number of allylic oxidation sites excluding steroid dienone is 6. The molecule has 2 aromatic rings. The van der Waals surface area contributed by atoms with Crippen molar-refractivity contribution in [2.24, 2.45) is 0 Å². The summed E-state index contributed by atoms with van der Waals surface area (Å²) in [6, 6.07) is 0. The molecule has 148 valence electrons. The van der Waals surface area contributed by atoms with E-state index in [-0.39, 0.29) is 52.2 Å². The lowest BCUT2D eigenvalue weighted by atomic mass is 9.72. The summed E-state index contributed by atoms with van der Waals surface area (Å²) < 4.78 is 0. The largest absolute Gasteiger partial charge is 0.287 e. The van der Waals surface area contributed by atoms with Gasteiger partial charge in [0.05, 0.1) is 40.6 Å². The minimum absolute atomic E-state index is 0.103. The molecule has 0 fully saturated rings. The maximum absolute atomic E-state index is 12.9. The molecule has 1 atom stereocenters. The summed E-state index contributed by atoms with van der Waals surface area (Å²) in [4.78, 5) is 12.9. The van der Waals surface area contributed by atoms with E-state index in [2.05, 4.69) is 0 Å². The van der Waals surface area contributed by atoms with Crippen molar-refractivity contribution in [2.45, 2.75) is 11.8 Å². The fourth-order valence-corrected chi connectivity index (χ4v) is 6.70. The highest BCUT2D eigenvalue weighted by Gasteiger charge is 2.45. The zero-order valence-corrected chi connectivity index (χ0v) is 20.4. The average molecular weight is 566 g/mol. The first-order valence-corrected chi connectivity index (χ1v) is 11.4. The molecule has 0 saturated carbocycles. The third kappa shape index (κ3) is 2.49. The van der Waals surface area contributed by atoms with Gasteiger partial charge in [0.15, 0.2) is 0 Å². The predicted molar refractivity (Wildman–Crippen MR) is 125 cm³/mol. The molecule has 2 aromatic carbocycles. The minimum Gasteiger partial charge on any atom is -0.287 e. The molecule has 0 spiro atoms. The molecular formula is C19H3Cl9O. The zero-order valence-electron chi connectivity index (χ0n) is 13.6. The number of halogens is 9. The van der Waals surface area contributed by atoms with Crippen LogP contribution in [-0.2, 0) is 11.2 Å². The fraction of sp³-hybridized carbons (Fsp3) is 0.105. The van der Waals surface area contributed by atoms with E-state index in [1.54, 1.807) is 0 Å². The van der Waals surface area contributed by atoms with Gasteiger partial charge < -0.3 is 0 Å². The molecule has 0 aliphatic heterocycles. The maximum atomic E-state index is 12.9. The number of alkyl halides is 1. The number of Topliss-reactive ketones (excluding diaryl/α,β-unsaturated/α-hetero) is 1. The Morgan fingerprint density at radius 3 is 1.97 bits per heavy atom. The molecule has 3 aliphatic rings. The van der Waals surface area contributed by atoms with Crippen molar-refractivity contribution in [3.63, 3.8) is 0 Å². The Bertz CT molecular complexity index is 1330. The monoisotopic (exact) mass is 562 g/mol. The molecule has 1 nitrogen and oxygen atoms in total. The number of carbonyl (C=O) groups excluding carboxylic acids is 1. The molecule has 0 bridgehead atoms. The van der Waals surface area contributed by atoms with E-state index in [1.807, 2.05) is 0 Å². The normalized spacial score (nSPS) is 20.4. The smallest absolute Gasteiger partial charge is 0.207 e. The number of ketones is 1. The first-order valence-electron chi connectivity index (χ1n) is 7.97. The van der Waals surface area contributed by atoms with Gasteiger partial charge in [0, 0.05) is 28.5 Å². The van der Waals surface area contributed by atoms with Gasteiger partial charge in [0.2, 0.25) is 5.78 Å². The lowest BCUT2D eigenvalue weighted by Crippen LogP contribution is -2.24. The Morgan fingerprint density at radius 1 is 0.690 bits per heavy atom. The molecular weight excluding hydrogens is 563 g/mol. The van der Waals surface area contributed by atoms with E-state index in [0.717, 1.165) is 0 Å². The Kier molecular flexibility index (Phi) is 4.97. The lowest BCUT2D eigenvalue weighted by Gasteiger charge is -2.36. The molecule has 1 unspecified atom stereocenters. The summed E-state index contributed by atoms with van der Waals surface area (Å²) in [6.07, 6.45) is 0.245. The number of rotatable bonds is 0. The van der Waals surface area contributed by atoms with E-state index in [0.29, 0.717) is 38.6 Å². The topological polar surface area (TPSA) is 17.1 Å². The van der Waals surface area contributed by atoms with Gasteiger partial charge >= 0.3 is 0 Å². The molecule has 3 aliphatic carbocycles. The van der Waals surface area contributed by atoms with Gasteiger partial charge in [-0.3, -0.25) is 4.79 Å². The number of benzene rings is 2. The summed E-state index contributed by atoms with van der Waals surface area (Å²) in [5.74, 6) is -0.509. The van der Waals surface area contributed by atoms with Gasteiger partial charge in [-0.25, -0.2) is 0 Å². The van der Waals surface area contributed by atoms with Crippen LogP contribution in [-0.4, -0.2) is 5.78 Å². The van der Waals surface area contributed by atoms with Crippen LogP contribution >= 0.6 is 104 Å². The standard InChI is InChI=1S/C19H3Cl9O/c20-10-2-1-3-5-6-4(2)7(15(25)17(10)27)12(22)13(23)8(6)14(24)16(26)9(5)19(29)18(28)11(3)21/h14H,1H2. The van der Waals surface area contributed by atoms with Crippen LogP contribution in [0.25, 0.3) is 16.3 Å². The highest BCUT2D eigenvalue weighted by atomic mass is 35.5. The van der Waals surface area contributed by atoms with Crippen LogP contribution in [0, 0.1) is 0 Å². The van der Waals surface area contributed by atoms with Crippen molar-refractivity contribution in [1.29, 1.82) is 0 Å². The lowest BCUT2D eigenvalue weighted by molar-refractivity contribution is -0.111. The van der Waals surface area contributed by atoms with Crippen molar-refractivity contribution >= 4 is 127 Å². The second-order valence-electron chi connectivity index (χ2n) is 6.66. The van der Waals surface area contributed by atoms with E-state index < -0.39 is 11.2 Å². The van der Waals surface area contributed by atoms with Gasteiger partial charge in [0.1, 0.15) is 5.03 Å². The second kappa shape index (κ2) is 6.85. The summed E-state index contributed by atoms with van der Waals surface area (Å²) >= 11 is 58.4. The van der Waals surface area contributed by atoms with Crippen LogP contribution in [0.1, 0.15) is 22.1 Å². The maximum Gasteiger partial charge on any atom is 0.207 e. The first kappa shape index (κ1) is 21.1. The van der Waals surface area contributed by atoms with Crippen LogP contribution in [0.2, 0.25) is 25.1 Å². The minimum atomic E-state index is -0.925. The molecule has 0 radical (unpaired) electrons. The quantitative estimate of drug-likeness (QED) is 0.229. The highest BCUT2D eigenvalue weighted by Crippen LogP contribution is 2.61. The SMILES string of the molecule is O=C1C(Cl)=C(Cl)C2=C3C1=C(Cl)C(Cl)c1c(Cl)c(Cl)c4c(Cl)c(Cl)c(Cl)c(c4c13)C2. The van der Waals surface area contributed by atoms with Crippen molar-refractivity contribution in [2.75, 3.05) is 0 Å². The molecule has 0 heterocycles. The summed E-state index contributed by atoms with van der Waals surface area (Å²) in [5, 5.41) is 1.09. The fourth-order valence-electron chi connectivity index (χ4n) is 4.14. The second-order valence-corrected chi connectivity index (χ2v) is 10.1.